The summed E-state index contributed by atoms with van der Waals surface area (Å²) in [5, 5.41) is 17.8. The molecule has 0 atom stereocenters. The van der Waals surface area contributed by atoms with Crippen molar-refractivity contribution in [1.82, 2.24) is 0 Å². The van der Waals surface area contributed by atoms with Crippen molar-refractivity contribution in [2.45, 2.75) is 6.92 Å². The van der Waals surface area contributed by atoms with Gasteiger partial charge in [0.15, 0.2) is 0 Å². The monoisotopic (exact) mass is 210 g/mol. The van der Waals surface area contributed by atoms with Crippen LogP contribution in [0, 0.1) is 6.92 Å². The van der Waals surface area contributed by atoms with Gasteiger partial charge in [-0.2, -0.15) is 0 Å². The molecule has 0 saturated carbocycles. The van der Waals surface area contributed by atoms with Crippen LogP contribution in [0.3, 0.4) is 0 Å². The maximum Gasteiger partial charge on any atom is 0.0606 e. The average Bonchev–Trinajstić information content (AvgIpc) is 2.16. The summed E-state index contributed by atoms with van der Waals surface area (Å²) in [6, 6.07) is 5.72. The zero-order valence-electron chi connectivity index (χ0n) is 8.98. The Labute approximate surface area is 89.9 Å². The fraction of sp³-hybridized carbons (Fsp3) is 0.455. The van der Waals surface area contributed by atoms with E-state index in [-0.39, 0.29) is 13.2 Å². The number of aliphatic hydroxyl groups excluding tert-OH is 2. The highest BCUT2D eigenvalue weighted by atomic mass is 16.3. The summed E-state index contributed by atoms with van der Waals surface area (Å²) in [6.07, 6.45) is 0. The number of hydrogen-bond acceptors (Lipinski definition) is 4. The van der Waals surface area contributed by atoms with E-state index in [1.54, 1.807) is 0 Å². The van der Waals surface area contributed by atoms with Gasteiger partial charge in [-0.25, -0.2) is 0 Å². The van der Waals surface area contributed by atoms with Crippen LogP contribution in [-0.2, 0) is 0 Å². The standard InChI is InChI=1S/C11H18N2O2/c1-9-6-10(12)8-11(7-9)13(2-4-14)3-5-15/h6-8,14-15H,2-5,12H2,1H3. The fourth-order valence-electron chi connectivity index (χ4n) is 1.59. The SMILES string of the molecule is Cc1cc(N)cc(N(CCO)CCO)c1. The molecule has 0 bridgehead atoms. The number of aliphatic hydroxyl groups is 2. The minimum Gasteiger partial charge on any atom is -0.399 e. The Hall–Kier alpha value is -1.26. The lowest BCUT2D eigenvalue weighted by atomic mass is 10.2. The predicted molar refractivity (Wildman–Crippen MR) is 62.0 cm³/mol. The van der Waals surface area contributed by atoms with Gasteiger partial charge in [-0.3, -0.25) is 0 Å². The van der Waals surface area contributed by atoms with Crippen molar-refractivity contribution in [1.29, 1.82) is 0 Å². The first-order valence-corrected chi connectivity index (χ1v) is 5.01. The van der Waals surface area contributed by atoms with Crippen LogP contribution in [-0.4, -0.2) is 36.5 Å². The molecule has 84 valence electrons. The fourth-order valence-corrected chi connectivity index (χ4v) is 1.59. The van der Waals surface area contributed by atoms with Crippen molar-refractivity contribution in [3.05, 3.63) is 23.8 Å². The molecule has 0 unspecified atom stereocenters. The van der Waals surface area contributed by atoms with Crippen molar-refractivity contribution in [3.63, 3.8) is 0 Å². The second kappa shape index (κ2) is 5.58. The molecule has 0 amide bonds. The van der Waals surface area contributed by atoms with Crippen LogP contribution in [0.25, 0.3) is 0 Å². The molecule has 0 spiro atoms. The normalized spacial score (nSPS) is 10.3. The van der Waals surface area contributed by atoms with E-state index < -0.39 is 0 Å². The Bertz CT molecular complexity index is 289. The maximum atomic E-state index is 8.91. The lowest BCUT2D eigenvalue weighted by Crippen LogP contribution is -2.29. The molecule has 0 aliphatic carbocycles. The summed E-state index contributed by atoms with van der Waals surface area (Å²) in [5.74, 6) is 0. The van der Waals surface area contributed by atoms with Gasteiger partial charge in [0.2, 0.25) is 0 Å². The molecule has 1 rings (SSSR count). The van der Waals surface area contributed by atoms with Gasteiger partial charge in [-0.1, -0.05) is 0 Å². The highest BCUT2D eigenvalue weighted by Crippen LogP contribution is 2.19. The molecule has 0 aromatic heterocycles. The van der Waals surface area contributed by atoms with Crippen molar-refractivity contribution >= 4 is 11.4 Å². The van der Waals surface area contributed by atoms with Gasteiger partial charge in [-0.05, 0) is 30.7 Å². The molecule has 4 N–H and O–H groups in total. The van der Waals surface area contributed by atoms with E-state index in [9.17, 15) is 0 Å². The third-order valence-electron chi connectivity index (χ3n) is 2.19. The van der Waals surface area contributed by atoms with Crippen LogP contribution in [0.15, 0.2) is 18.2 Å². The van der Waals surface area contributed by atoms with Gasteiger partial charge in [0.1, 0.15) is 0 Å². The smallest absolute Gasteiger partial charge is 0.0606 e. The van der Waals surface area contributed by atoms with Crippen LogP contribution in [0.1, 0.15) is 5.56 Å². The first-order valence-electron chi connectivity index (χ1n) is 5.01. The minimum atomic E-state index is 0.0633. The molecule has 0 aliphatic rings. The van der Waals surface area contributed by atoms with Gasteiger partial charge in [0, 0.05) is 24.5 Å². The number of nitrogens with two attached hydrogens (primary N) is 1. The Balaban J connectivity index is 2.88. The number of aryl methyl sites for hydroxylation is 1. The molecule has 0 fully saturated rings. The van der Waals surface area contributed by atoms with E-state index >= 15 is 0 Å². The molecule has 4 nitrogen and oxygen atoms in total. The maximum absolute atomic E-state index is 8.91. The number of nitrogen functional groups attached to an aromatic ring is 1. The number of hydrogen-bond donors (Lipinski definition) is 3. The van der Waals surface area contributed by atoms with E-state index in [2.05, 4.69) is 0 Å². The molecule has 0 saturated heterocycles. The van der Waals surface area contributed by atoms with E-state index in [0.717, 1.165) is 11.3 Å². The van der Waals surface area contributed by atoms with Gasteiger partial charge in [-0.15, -0.1) is 0 Å². The first-order chi connectivity index (χ1) is 7.17. The van der Waals surface area contributed by atoms with E-state index in [1.165, 1.54) is 0 Å². The van der Waals surface area contributed by atoms with Gasteiger partial charge >= 0.3 is 0 Å². The minimum absolute atomic E-state index is 0.0633. The van der Waals surface area contributed by atoms with Gasteiger partial charge in [0.25, 0.3) is 0 Å². The van der Waals surface area contributed by atoms with Crippen LogP contribution in [0.5, 0.6) is 0 Å². The lowest BCUT2D eigenvalue weighted by molar-refractivity contribution is 0.281. The van der Waals surface area contributed by atoms with Gasteiger partial charge < -0.3 is 20.8 Å². The lowest BCUT2D eigenvalue weighted by Gasteiger charge is -2.23. The Morgan fingerprint density at radius 1 is 1.13 bits per heavy atom. The second-order valence-electron chi connectivity index (χ2n) is 3.54. The quantitative estimate of drug-likeness (QED) is 0.614. The Kier molecular flexibility index (Phi) is 4.39. The third kappa shape index (κ3) is 3.42. The summed E-state index contributed by atoms with van der Waals surface area (Å²) >= 11 is 0. The predicted octanol–water partition coefficient (Wildman–Crippen LogP) is 0.368. The third-order valence-corrected chi connectivity index (χ3v) is 2.19. The van der Waals surface area contributed by atoms with Crippen LogP contribution in [0.2, 0.25) is 0 Å². The van der Waals surface area contributed by atoms with Crippen molar-refractivity contribution in [2.75, 3.05) is 36.9 Å². The topological polar surface area (TPSA) is 69.7 Å². The molecule has 1 aromatic rings. The van der Waals surface area contributed by atoms with Crippen LogP contribution >= 0.6 is 0 Å². The molecule has 0 heterocycles. The highest BCUT2D eigenvalue weighted by molar-refractivity contribution is 5.58. The Morgan fingerprint density at radius 3 is 2.20 bits per heavy atom. The molecule has 4 heteroatoms. The van der Waals surface area contributed by atoms with Crippen LogP contribution in [0.4, 0.5) is 11.4 Å². The molecule has 1 aromatic carbocycles. The highest BCUT2D eigenvalue weighted by Gasteiger charge is 2.06. The Morgan fingerprint density at radius 2 is 1.73 bits per heavy atom. The van der Waals surface area contributed by atoms with Crippen molar-refractivity contribution < 1.29 is 10.2 Å². The summed E-state index contributed by atoms with van der Waals surface area (Å²) in [7, 11) is 0. The average molecular weight is 210 g/mol. The summed E-state index contributed by atoms with van der Waals surface area (Å²) in [5.41, 5.74) is 8.45. The number of anilines is 2. The zero-order valence-corrected chi connectivity index (χ0v) is 8.98. The summed E-state index contributed by atoms with van der Waals surface area (Å²) in [4.78, 5) is 1.91. The summed E-state index contributed by atoms with van der Waals surface area (Å²) < 4.78 is 0. The van der Waals surface area contributed by atoms with E-state index in [1.807, 2.05) is 30.0 Å². The van der Waals surface area contributed by atoms with Crippen molar-refractivity contribution in [2.24, 2.45) is 0 Å². The zero-order chi connectivity index (χ0) is 11.3. The largest absolute Gasteiger partial charge is 0.399 e. The van der Waals surface area contributed by atoms with Crippen molar-refractivity contribution in [3.8, 4) is 0 Å². The molecular formula is C11H18N2O2. The molecule has 15 heavy (non-hydrogen) atoms. The van der Waals surface area contributed by atoms with Crippen LogP contribution < -0.4 is 10.6 Å². The summed E-state index contributed by atoms with van der Waals surface area (Å²) in [6.45, 7) is 3.10. The number of rotatable bonds is 5. The molecule has 0 aliphatic heterocycles. The first kappa shape index (κ1) is 11.8. The van der Waals surface area contributed by atoms with E-state index in [0.29, 0.717) is 18.8 Å². The molecule has 0 radical (unpaired) electrons. The second-order valence-corrected chi connectivity index (χ2v) is 3.54. The number of nitrogens with zero attached hydrogens (tertiary/aromatic N) is 1. The number of benzene rings is 1. The molecular weight excluding hydrogens is 192 g/mol. The van der Waals surface area contributed by atoms with Gasteiger partial charge in [0.05, 0.1) is 13.2 Å². The van der Waals surface area contributed by atoms with E-state index in [4.69, 9.17) is 15.9 Å².